The average molecular weight is 277 g/mol. The minimum absolute atomic E-state index is 0.0142. The average Bonchev–Trinajstić information content (AvgIpc) is 2.43. The maximum atomic E-state index is 12.2. The fraction of sp³-hybridized carbons (Fsp3) is 0.467. The van der Waals surface area contributed by atoms with Crippen molar-refractivity contribution in [2.75, 3.05) is 13.1 Å². The number of amides is 2. The van der Waals surface area contributed by atoms with Crippen molar-refractivity contribution in [3.63, 3.8) is 0 Å². The lowest BCUT2D eigenvalue weighted by molar-refractivity contribution is -0.134. The molecule has 1 aromatic carbocycles. The lowest BCUT2D eigenvalue weighted by atomic mass is 10.1. The molecule has 0 radical (unpaired) electrons. The lowest BCUT2D eigenvalue weighted by Gasteiger charge is -2.21. The summed E-state index contributed by atoms with van der Waals surface area (Å²) in [5.41, 5.74) is 12.7. The Kier molecular flexibility index (Phi) is 6.73. The quantitative estimate of drug-likeness (QED) is 0.736. The van der Waals surface area contributed by atoms with Crippen molar-refractivity contribution >= 4 is 11.8 Å². The fourth-order valence-corrected chi connectivity index (χ4v) is 1.91. The van der Waals surface area contributed by atoms with E-state index in [2.05, 4.69) is 0 Å². The van der Waals surface area contributed by atoms with E-state index in [0.29, 0.717) is 13.1 Å². The van der Waals surface area contributed by atoms with Crippen molar-refractivity contribution in [2.24, 2.45) is 11.5 Å². The second-order valence-electron chi connectivity index (χ2n) is 4.83. The molecule has 2 amide bonds. The highest BCUT2D eigenvalue weighted by Crippen LogP contribution is 2.07. The standard InChI is InChI=1S/C15H23N3O2/c1-2-3-8-18(11-14(17)19)15(20)9-12-4-6-13(10-16)7-5-12/h4-7H,2-3,8-11,16H2,1H3,(H2,17,19). The zero-order valence-corrected chi connectivity index (χ0v) is 12.0. The van der Waals surface area contributed by atoms with Crippen LogP contribution in [0.4, 0.5) is 0 Å². The van der Waals surface area contributed by atoms with Crippen molar-refractivity contribution in [2.45, 2.75) is 32.7 Å². The number of hydrogen-bond donors (Lipinski definition) is 2. The fourth-order valence-electron chi connectivity index (χ4n) is 1.91. The van der Waals surface area contributed by atoms with Crippen LogP contribution in [0.5, 0.6) is 0 Å². The largest absolute Gasteiger partial charge is 0.368 e. The summed E-state index contributed by atoms with van der Waals surface area (Å²) >= 11 is 0. The molecule has 110 valence electrons. The minimum atomic E-state index is -0.479. The van der Waals surface area contributed by atoms with Gasteiger partial charge in [0.25, 0.3) is 0 Å². The number of carbonyl (C=O) groups is 2. The van der Waals surface area contributed by atoms with Crippen molar-refractivity contribution in [1.29, 1.82) is 0 Å². The summed E-state index contributed by atoms with van der Waals surface area (Å²) in [5.74, 6) is -0.550. The molecule has 0 aliphatic carbocycles. The van der Waals surface area contributed by atoms with Gasteiger partial charge in [-0.1, -0.05) is 37.6 Å². The molecule has 0 bridgehead atoms. The smallest absolute Gasteiger partial charge is 0.237 e. The maximum absolute atomic E-state index is 12.2. The molecule has 1 rings (SSSR count). The first-order valence-electron chi connectivity index (χ1n) is 6.90. The van der Waals surface area contributed by atoms with Gasteiger partial charge in [-0.2, -0.15) is 0 Å². The van der Waals surface area contributed by atoms with E-state index in [0.717, 1.165) is 24.0 Å². The topological polar surface area (TPSA) is 89.4 Å². The normalized spacial score (nSPS) is 10.3. The summed E-state index contributed by atoms with van der Waals surface area (Å²) in [7, 11) is 0. The first-order valence-corrected chi connectivity index (χ1v) is 6.90. The third kappa shape index (κ3) is 5.40. The van der Waals surface area contributed by atoms with E-state index in [-0.39, 0.29) is 18.9 Å². The summed E-state index contributed by atoms with van der Waals surface area (Å²) in [4.78, 5) is 24.8. The number of rotatable bonds is 8. The van der Waals surface area contributed by atoms with Gasteiger partial charge in [0.1, 0.15) is 0 Å². The third-order valence-electron chi connectivity index (χ3n) is 3.10. The second kappa shape index (κ2) is 8.32. The summed E-state index contributed by atoms with van der Waals surface area (Å²) < 4.78 is 0. The van der Waals surface area contributed by atoms with Crippen LogP contribution in [0.1, 0.15) is 30.9 Å². The van der Waals surface area contributed by atoms with Gasteiger partial charge in [0.2, 0.25) is 11.8 Å². The Labute approximate surface area is 119 Å². The maximum Gasteiger partial charge on any atom is 0.237 e. The van der Waals surface area contributed by atoms with Crippen LogP contribution in [0.3, 0.4) is 0 Å². The van der Waals surface area contributed by atoms with E-state index in [1.807, 2.05) is 31.2 Å². The summed E-state index contributed by atoms with van der Waals surface area (Å²) in [6.45, 7) is 3.08. The van der Waals surface area contributed by atoms with Gasteiger partial charge in [-0.05, 0) is 17.5 Å². The van der Waals surface area contributed by atoms with Crippen LogP contribution in [0.25, 0.3) is 0 Å². The Bertz CT molecular complexity index is 443. The van der Waals surface area contributed by atoms with E-state index >= 15 is 0 Å². The molecule has 1 aromatic rings. The van der Waals surface area contributed by atoms with Crippen LogP contribution in [-0.2, 0) is 22.6 Å². The number of benzene rings is 1. The van der Waals surface area contributed by atoms with Crippen LogP contribution in [0.15, 0.2) is 24.3 Å². The molecule has 0 aliphatic rings. The number of hydrogen-bond acceptors (Lipinski definition) is 3. The van der Waals surface area contributed by atoms with Crippen LogP contribution in [0, 0.1) is 0 Å². The van der Waals surface area contributed by atoms with E-state index in [1.54, 1.807) is 0 Å². The van der Waals surface area contributed by atoms with Crippen molar-refractivity contribution in [1.82, 2.24) is 4.90 Å². The van der Waals surface area contributed by atoms with Gasteiger partial charge in [0.15, 0.2) is 0 Å². The molecule has 0 spiro atoms. The molecule has 5 heteroatoms. The molecule has 0 aliphatic heterocycles. The molecule has 0 heterocycles. The first-order chi connectivity index (χ1) is 9.56. The third-order valence-corrected chi connectivity index (χ3v) is 3.10. The number of primary amides is 1. The Balaban J connectivity index is 2.65. The van der Waals surface area contributed by atoms with Crippen molar-refractivity contribution in [3.05, 3.63) is 35.4 Å². The predicted molar refractivity (Wildman–Crippen MR) is 78.7 cm³/mol. The van der Waals surface area contributed by atoms with E-state index in [1.165, 1.54) is 4.90 Å². The molecule has 0 saturated heterocycles. The molecule has 0 atom stereocenters. The summed E-state index contributed by atoms with van der Waals surface area (Å²) in [6, 6.07) is 7.60. The molecular weight excluding hydrogens is 254 g/mol. The zero-order valence-electron chi connectivity index (χ0n) is 12.0. The van der Waals surface area contributed by atoms with Crippen LogP contribution in [0.2, 0.25) is 0 Å². The van der Waals surface area contributed by atoms with Gasteiger partial charge in [-0.25, -0.2) is 0 Å². The molecule has 0 unspecified atom stereocenters. The van der Waals surface area contributed by atoms with E-state index in [9.17, 15) is 9.59 Å². The highest BCUT2D eigenvalue weighted by molar-refractivity contribution is 5.85. The number of unbranched alkanes of at least 4 members (excludes halogenated alkanes) is 1. The predicted octanol–water partition coefficient (Wildman–Crippen LogP) is 0.802. The molecule has 4 N–H and O–H groups in total. The molecule has 0 fully saturated rings. The lowest BCUT2D eigenvalue weighted by Crippen LogP contribution is -2.39. The van der Waals surface area contributed by atoms with Crippen LogP contribution in [-0.4, -0.2) is 29.8 Å². The van der Waals surface area contributed by atoms with Gasteiger partial charge in [0, 0.05) is 13.1 Å². The van der Waals surface area contributed by atoms with Crippen LogP contribution < -0.4 is 11.5 Å². The zero-order chi connectivity index (χ0) is 15.0. The highest BCUT2D eigenvalue weighted by atomic mass is 16.2. The summed E-state index contributed by atoms with van der Waals surface area (Å²) in [5, 5.41) is 0. The molecule has 0 saturated carbocycles. The first kappa shape index (κ1) is 16.2. The Morgan fingerprint density at radius 1 is 1.15 bits per heavy atom. The van der Waals surface area contributed by atoms with E-state index < -0.39 is 5.91 Å². The SMILES string of the molecule is CCCCN(CC(N)=O)C(=O)Cc1ccc(CN)cc1. The number of nitrogens with two attached hydrogens (primary N) is 2. The van der Waals surface area contributed by atoms with Gasteiger partial charge in [-0.3, -0.25) is 9.59 Å². The second-order valence-corrected chi connectivity index (χ2v) is 4.83. The Morgan fingerprint density at radius 3 is 2.25 bits per heavy atom. The number of nitrogens with zero attached hydrogens (tertiary/aromatic N) is 1. The minimum Gasteiger partial charge on any atom is -0.368 e. The molecule has 5 nitrogen and oxygen atoms in total. The van der Waals surface area contributed by atoms with Crippen molar-refractivity contribution in [3.8, 4) is 0 Å². The Morgan fingerprint density at radius 2 is 1.75 bits per heavy atom. The van der Waals surface area contributed by atoms with Crippen LogP contribution >= 0.6 is 0 Å². The van der Waals surface area contributed by atoms with Gasteiger partial charge in [-0.15, -0.1) is 0 Å². The molecule has 0 aromatic heterocycles. The monoisotopic (exact) mass is 277 g/mol. The number of carbonyl (C=O) groups excluding carboxylic acids is 2. The van der Waals surface area contributed by atoms with Gasteiger partial charge in [0.05, 0.1) is 13.0 Å². The van der Waals surface area contributed by atoms with Gasteiger partial charge >= 0.3 is 0 Å². The Hall–Kier alpha value is -1.88. The summed E-state index contributed by atoms with van der Waals surface area (Å²) in [6.07, 6.45) is 2.11. The molecular formula is C15H23N3O2. The highest BCUT2D eigenvalue weighted by Gasteiger charge is 2.15. The van der Waals surface area contributed by atoms with E-state index in [4.69, 9.17) is 11.5 Å². The van der Waals surface area contributed by atoms with Crippen molar-refractivity contribution < 1.29 is 9.59 Å². The molecule has 20 heavy (non-hydrogen) atoms. The van der Waals surface area contributed by atoms with Gasteiger partial charge < -0.3 is 16.4 Å².